The van der Waals surface area contributed by atoms with Gasteiger partial charge in [0.2, 0.25) is 0 Å². The van der Waals surface area contributed by atoms with E-state index in [1.807, 2.05) is 6.92 Å². The number of carbonyl (C=O) groups is 1. The fourth-order valence-electron chi connectivity index (χ4n) is 2.64. The third kappa shape index (κ3) is 3.30. The Bertz CT molecular complexity index is 559. The van der Waals surface area contributed by atoms with E-state index in [4.69, 9.17) is 11.5 Å². The molecular weight excluding hydrogens is 272 g/mol. The molecule has 1 aliphatic heterocycles. The molecule has 1 saturated heterocycles. The second kappa shape index (κ2) is 6.09. The van der Waals surface area contributed by atoms with Gasteiger partial charge in [-0.1, -0.05) is 0 Å². The van der Waals surface area contributed by atoms with E-state index in [-0.39, 0.29) is 29.2 Å². The fraction of sp³-hybridized carbons (Fsp3) is 0.500. The van der Waals surface area contributed by atoms with Gasteiger partial charge in [-0.2, -0.15) is 0 Å². The summed E-state index contributed by atoms with van der Waals surface area (Å²) in [6.07, 6.45) is 1.90. The molecule has 1 amide bonds. The number of anilines is 1. The summed E-state index contributed by atoms with van der Waals surface area (Å²) >= 11 is 0. The molecule has 4 N–H and O–H groups in total. The van der Waals surface area contributed by atoms with Crippen molar-refractivity contribution in [2.24, 2.45) is 11.7 Å². The highest BCUT2D eigenvalue weighted by Crippen LogP contribution is 2.25. The van der Waals surface area contributed by atoms with E-state index in [1.54, 1.807) is 4.90 Å². The Kier molecular flexibility index (Phi) is 4.42. The molecule has 0 spiro atoms. The molecule has 1 fully saturated rings. The van der Waals surface area contributed by atoms with Gasteiger partial charge in [0.15, 0.2) is 0 Å². The third-order valence-electron chi connectivity index (χ3n) is 3.96. The van der Waals surface area contributed by atoms with E-state index in [2.05, 4.69) is 0 Å². The van der Waals surface area contributed by atoms with Crippen LogP contribution >= 0.6 is 0 Å². The fourth-order valence-corrected chi connectivity index (χ4v) is 2.64. The van der Waals surface area contributed by atoms with Crippen molar-refractivity contribution in [1.82, 2.24) is 4.90 Å². The van der Waals surface area contributed by atoms with Crippen LogP contribution in [0.1, 0.15) is 30.1 Å². The van der Waals surface area contributed by atoms with Crippen LogP contribution in [0.2, 0.25) is 0 Å². The van der Waals surface area contributed by atoms with Crippen LogP contribution in [0.5, 0.6) is 0 Å². The molecule has 2 unspecified atom stereocenters. The van der Waals surface area contributed by atoms with E-state index in [1.165, 1.54) is 18.2 Å². The van der Waals surface area contributed by atoms with Crippen LogP contribution in [0, 0.1) is 16.0 Å². The number of piperidine rings is 1. The van der Waals surface area contributed by atoms with Crippen molar-refractivity contribution in [3.05, 3.63) is 33.9 Å². The minimum absolute atomic E-state index is 0.0290. The molecule has 7 heteroatoms. The van der Waals surface area contributed by atoms with E-state index < -0.39 is 4.92 Å². The molecule has 114 valence electrons. The summed E-state index contributed by atoms with van der Waals surface area (Å²) in [6, 6.07) is 4.20. The maximum atomic E-state index is 12.5. The predicted octanol–water partition coefficient (Wildman–Crippen LogP) is 1.38. The summed E-state index contributed by atoms with van der Waals surface area (Å²) in [5, 5.41) is 10.9. The van der Waals surface area contributed by atoms with Crippen molar-refractivity contribution in [3.8, 4) is 0 Å². The van der Waals surface area contributed by atoms with Crippen LogP contribution < -0.4 is 11.5 Å². The quantitative estimate of drug-likeness (QED) is 0.496. The van der Waals surface area contributed by atoms with Gasteiger partial charge >= 0.3 is 0 Å². The first-order chi connectivity index (χ1) is 9.90. The maximum absolute atomic E-state index is 12.5. The SMILES string of the molecule is CC(N)C1CCCN(C(=O)c2ccc(N)c([N+](=O)[O-])c2)C1. The number of nitrogens with two attached hydrogens (primary N) is 2. The van der Waals surface area contributed by atoms with Gasteiger partial charge in [-0.25, -0.2) is 0 Å². The Hall–Kier alpha value is -2.15. The van der Waals surface area contributed by atoms with Crippen LogP contribution in [-0.2, 0) is 0 Å². The minimum Gasteiger partial charge on any atom is -0.393 e. The summed E-state index contributed by atoms with van der Waals surface area (Å²) in [6.45, 7) is 3.18. The average Bonchev–Trinajstić information content (AvgIpc) is 2.46. The van der Waals surface area contributed by atoms with E-state index in [9.17, 15) is 14.9 Å². The molecule has 2 rings (SSSR count). The van der Waals surface area contributed by atoms with Gasteiger partial charge in [0.05, 0.1) is 4.92 Å². The number of nitrogen functional groups attached to an aromatic ring is 1. The number of likely N-dealkylation sites (tertiary alicyclic amines) is 1. The van der Waals surface area contributed by atoms with Crippen molar-refractivity contribution in [1.29, 1.82) is 0 Å². The molecule has 1 aromatic carbocycles. The molecule has 0 radical (unpaired) electrons. The maximum Gasteiger partial charge on any atom is 0.292 e. The van der Waals surface area contributed by atoms with Crippen molar-refractivity contribution in [3.63, 3.8) is 0 Å². The lowest BCUT2D eigenvalue weighted by atomic mass is 9.92. The zero-order valence-electron chi connectivity index (χ0n) is 12.0. The Labute approximate surface area is 123 Å². The van der Waals surface area contributed by atoms with E-state index >= 15 is 0 Å². The number of nitro groups is 1. The first-order valence-electron chi connectivity index (χ1n) is 6.99. The third-order valence-corrected chi connectivity index (χ3v) is 3.96. The van der Waals surface area contributed by atoms with Crippen molar-refractivity contribution in [2.45, 2.75) is 25.8 Å². The monoisotopic (exact) mass is 292 g/mol. The first kappa shape index (κ1) is 15.2. The van der Waals surface area contributed by atoms with E-state index in [0.717, 1.165) is 12.8 Å². The number of hydrogen-bond acceptors (Lipinski definition) is 5. The van der Waals surface area contributed by atoms with Crippen LogP contribution in [0.3, 0.4) is 0 Å². The molecule has 2 atom stereocenters. The molecule has 0 saturated carbocycles. The van der Waals surface area contributed by atoms with Gasteiger partial charge in [0.25, 0.3) is 11.6 Å². The molecule has 0 aliphatic carbocycles. The van der Waals surface area contributed by atoms with Crippen molar-refractivity contribution < 1.29 is 9.72 Å². The summed E-state index contributed by atoms with van der Waals surface area (Å²) in [7, 11) is 0. The Morgan fingerprint density at radius 2 is 2.24 bits per heavy atom. The molecule has 0 bridgehead atoms. The zero-order chi connectivity index (χ0) is 15.6. The molecule has 1 heterocycles. The summed E-state index contributed by atoms with van der Waals surface area (Å²) < 4.78 is 0. The number of benzene rings is 1. The first-order valence-corrected chi connectivity index (χ1v) is 6.99. The van der Waals surface area contributed by atoms with Gasteiger partial charge in [-0.05, 0) is 37.8 Å². The van der Waals surface area contributed by atoms with Gasteiger partial charge in [0, 0.05) is 30.8 Å². The standard InChI is InChI=1S/C14H20N4O3/c1-9(15)11-3-2-6-17(8-11)14(19)10-4-5-12(16)13(7-10)18(20)21/h4-5,7,9,11H,2-3,6,8,15-16H2,1H3. The highest BCUT2D eigenvalue weighted by molar-refractivity contribution is 5.95. The Morgan fingerprint density at radius 1 is 1.52 bits per heavy atom. The van der Waals surface area contributed by atoms with Crippen molar-refractivity contribution >= 4 is 17.3 Å². The summed E-state index contributed by atoms with van der Waals surface area (Å²) in [5.74, 6) is 0.0647. The molecule has 1 aromatic rings. The van der Waals surface area contributed by atoms with Crippen molar-refractivity contribution in [2.75, 3.05) is 18.8 Å². The number of nitrogens with zero attached hydrogens (tertiary/aromatic N) is 2. The van der Waals surface area contributed by atoms with Crippen LogP contribution in [0.15, 0.2) is 18.2 Å². The zero-order valence-corrected chi connectivity index (χ0v) is 12.0. The Balaban J connectivity index is 2.20. The second-order valence-corrected chi connectivity index (χ2v) is 5.54. The van der Waals surface area contributed by atoms with Gasteiger partial charge in [-0.3, -0.25) is 14.9 Å². The highest BCUT2D eigenvalue weighted by Gasteiger charge is 2.27. The lowest BCUT2D eigenvalue weighted by Crippen LogP contribution is -2.45. The predicted molar refractivity (Wildman–Crippen MR) is 79.8 cm³/mol. The molecular formula is C14H20N4O3. The number of hydrogen-bond donors (Lipinski definition) is 2. The van der Waals surface area contributed by atoms with Gasteiger partial charge in [-0.15, -0.1) is 0 Å². The van der Waals surface area contributed by atoms with Gasteiger partial charge < -0.3 is 16.4 Å². The molecule has 0 aromatic heterocycles. The van der Waals surface area contributed by atoms with Crippen LogP contribution in [-0.4, -0.2) is 34.9 Å². The lowest BCUT2D eigenvalue weighted by molar-refractivity contribution is -0.383. The largest absolute Gasteiger partial charge is 0.393 e. The molecule has 21 heavy (non-hydrogen) atoms. The lowest BCUT2D eigenvalue weighted by Gasteiger charge is -2.34. The molecule has 1 aliphatic rings. The number of rotatable bonds is 3. The topological polar surface area (TPSA) is 115 Å². The van der Waals surface area contributed by atoms with E-state index in [0.29, 0.717) is 18.7 Å². The smallest absolute Gasteiger partial charge is 0.292 e. The summed E-state index contributed by atoms with van der Waals surface area (Å²) in [4.78, 5) is 24.5. The summed E-state index contributed by atoms with van der Waals surface area (Å²) in [5.41, 5.74) is 11.6. The highest BCUT2D eigenvalue weighted by atomic mass is 16.6. The minimum atomic E-state index is -0.576. The Morgan fingerprint density at radius 3 is 2.86 bits per heavy atom. The second-order valence-electron chi connectivity index (χ2n) is 5.54. The van der Waals surface area contributed by atoms with Crippen LogP contribution in [0.25, 0.3) is 0 Å². The molecule has 7 nitrogen and oxygen atoms in total. The number of nitro benzene ring substituents is 1. The average molecular weight is 292 g/mol. The van der Waals surface area contributed by atoms with Gasteiger partial charge in [0.1, 0.15) is 5.69 Å². The number of carbonyl (C=O) groups excluding carboxylic acids is 1. The van der Waals surface area contributed by atoms with Crippen LogP contribution in [0.4, 0.5) is 11.4 Å². The normalized spacial score (nSPS) is 20.1. The number of amides is 1.